The molecule has 0 aliphatic heterocycles. The zero-order chi connectivity index (χ0) is 16.3. The largest absolute Gasteiger partial charge is 0.480 e. The highest BCUT2D eigenvalue weighted by Gasteiger charge is 2.35. The van der Waals surface area contributed by atoms with E-state index in [2.05, 4.69) is 31.3 Å². The molecular formula is C18H27NO3. The Bertz CT molecular complexity index is 502. The molecule has 0 radical (unpaired) electrons. The highest BCUT2D eigenvalue weighted by Crippen LogP contribution is 2.37. The smallest absolute Gasteiger partial charge is 0.320 e. The van der Waals surface area contributed by atoms with E-state index in [-0.39, 0.29) is 6.04 Å². The van der Waals surface area contributed by atoms with Crippen molar-refractivity contribution in [1.29, 1.82) is 0 Å². The van der Waals surface area contributed by atoms with Crippen molar-refractivity contribution in [1.82, 2.24) is 5.32 Å². The summed E-state index contributed by atoms with van der Waals surface area (Å²) in [5.74, 6) is -0.341. The van der Waals surface area contributed by atoms with Crippen LogP contribution >= 0.6 is 0 Å². The Morgan fingerprint density at radius 3 is 2.18 bits per heavy atom. The minimum atomic E-state index is -0.829. The molecular weight excluding hydrogens is 278 g/mol. The van der Waals surface area contributed by atoms with E-state index in [0.29, 0.717) is 18.8 Å². The molecule has 0 bridgehead atoms. The van der Waals surface area contributed by atoms with Gasteiger partial charge in [-0.3, -0.25) is 4.79 Å². The fraction of sp³-hybridized carbons (Fsp3) is 0.611. The quantitative estimate of drug-likeness (QED) is 0.782. The number of carboxylic acids is 1. The van der Waals surface area contributed by atoms with Crippen LogP contribution in [-0.4, -0.2) is 28.3 Å². The molecule has 1 atom stereocenters. The molecule has 1 saturated carbocycles. The van der Waals surface area contributed by atoms with Gasteiger partial charge in [-0.2, -0.15) is 0 Å². The van der Waals surface area contributed by atoms with Gasteiger partial charge in [0.15, 0.2) is 0 Å². The van der Waals surface area contributed by atoms with Gasteiger partial charge in [0.05, 0.1) is 5.60 Å². The van der Waals surface area contributed by atoms with Crippen molar-refractivity contribution in [2.75, 3.05) is 0 Å². The van der Waals surface area contributed by atoms with Gasteiger partial charge in [0.25, 0.3) is 0 Å². The van der Waals surface area contributed by atoms with Crippen LogP contribution in [0.4, 0.5) is 0 Å². The molecule has 0 heterocycles. The maximum absolute atomic E-state index is 10.9. The van der Waals surface area contributed by atoms with Gasteiger partial charge in [-0.25, -0.2) is 0 Å². The summed E-state index contributed by atoms with van der Waals surface area (Å²) in [7, 11) is 0. The average Bonchev–Trinajstić information content (AvgIpc) is 2.49. The Hall–Kier alpha value is -1.39. The van der Waals surface area contributed by atoms with E-state index in [1.54, 1.807) is 6.92 Å². The summed E-state index contributed by atoms with van der Waals surface area (Å²) in [6, 6.07) is 7.87. The number of carboxylic acid groups (broad SMARTS) is 1. The number of nitrogens with one attached hydrogen (secondary N) is 1. The van der Waals surface area contributed by atoms with E-state index < -0.39 is 17.6 Å². The maximum atomic E-state index is 10.9. The second-order valence-corrected chi connectivity index (χ2v) is 6.81. The van der Waals surface area contributed by atoms with Crippen molar-refractivity contribution in [2.45, 2.75) is 70.1 Å². The van der Waals surface area contributed by atoms with Crippen LogP contribution in [0.1, 0.15) is 63.5 Å². The number of rotatable bonds is 5. The lowest BCUT2D eigenvalue weighted by molar-refractivity contribution is -0.139. The number of aliphatic carboxylic acids is 1. The summed E-state index contributed by atoms with van der Waals surface area (Å²) >= 11 is 0. The predicted molar refractivity (Wildman–Crippen MR) is 86.9 cm³/mol. The highest BCUT2D eigenvalue weighted by atomic mass is 16.4. The molecule has 122 valence electrons. The molecule has 22 heavy (non-hydrogen) atoms. The lowest BCUT2D eigenvalue weighted by atomic mass is 9.77. The van der Waals surface area contributed by atoms with Crippen molar-refractivity contribution >= 4 is 5.97 Å². The number of aliphatic hydroxyl groups is 1. The molecule has 0 spiro atoms. The zero-order valence-corrected chi connectivity index (χ0v) is 13.7. The summed E-state index contributed by atoms with van der Waals surface area (Å²) in [4.78, 5) is 10.9. The van der Waals surface area contributed by atoms with Gasteiger partial charge >= 0.3 is 5.97 Å². The number of hydrogen-bond acceptors (Lipinski definition) is 3. The number of carbonyl (C=O) groups is 1. The second kappa shape index (κ2) is 6.80. The minimum Gasteiger partial charge on any atom is -0.480 e. The van der Waals surface area contributed by atoms with E-state index >= 15 is 0 Å². The first kappa shape index (κ1) is 17.0. The average molecular weight is 305 g/mol. The van der Waals surface area contributed by atoms with E-state index in [1.165, 1.54) is 5.56 Å². The SMILES string of the molecule is CC(C)c1ccc(C2(O)CCC(N[C@@H](C)C(=O)O)CC2)cc1. The maximum Gasteiger partial charge on any atom is 0.320 e. The van der Waals surface area contributed by atoms with Crippen LogP contribution in [0.3, 0.4) is 0 Å². The van der Waals surface area contributed by atoms with Gasteiger partial charge in [-0.1, -0.05) is 38.1 Å². The van der Waals surface area contributed by atoms with Crippen molar-refractivity contribution in [3.63, 3.8) is 0 Å². The van der Waals surface area contributed by atoms with Gasteiger partial charge in [0.1, 0.15) is 6.04 Å². The third-order valence-corrected chi connectivity index (χ3v) is 4.78. The molecule has 1 aliphatic rings. The van der Waals surface area contributed by atoms with Crippen LogP contribution in [0.25, 0.3) is 0 Å². The van der Waals surface area contributed by atoms with Crippen LogP contribution in [-0.2, 0) is 10.4 Å². The topological polar surface area (TPSA) is 69.6 Å². The lowest BCUT2D eigenvalue weighted by Gasteiger charge is -2.37. The Balaban J connectivity index is 1.98. The fourth-order valence-corrected chi connectivity index (χ4v) is 3.15. The van der Waals surface area contributed by atoms with Crippen molar-refractivity contribution in [2.24, 2.45) is 0 Å². The second-order valence-electron chi connectivity index (χ2n) is 6.81. The van der Waals surface area contributed by atoms with E-state index in [0.717, 1.165) is 18.4 Å². The predicted octanol–water partition coefficient (Wildman–Crippen LogP) is 3.00. The molecule has 0 unspecified atom stereocenters. The molecule has 1 aromatic carbocycles. The molecule has 1 aromatic rings. The van der Waals surface area contributed by atoms with E-state index in [4.69, 9.17) is 5.11 Å². The summed E-state index contributed by atoms with van der Waals surface area (Å²) < 4.78 is 0. The highest BCUT2D eigenvalue weighted by molar-refractivity contribution is 5.72. The molecule has 0 amide bonds. The van der Waals surface area contributed by atoms with Crippen LogP contribution in [0.5, 0.6) is 0 Å². The monoisotopic (exact) mass is 305 g/mol. The van der Waals surface area contributed by atoms with Gasteiger partial charge in [0, 0.05) is 6.04 Å². The van der Waals surface area contributed by atoms with Gasteiger partial charge in [0.2, 0.25) is 0 Å². The molecule has 3 N–H and O–H groups in total. The normalized spacial score (nSPS) is 26.9. The first-order valence-electron chi connectivity index (χ1n) is 8.13. The Kier molecular flexibility index (Phi) is 5.24. The van der Waals surface area contributed by atoms with Crippen molar-refractivity contribution in [3.8, 4) is 0 Å². The van der Waals surface area contributed by atoms with Crippen molar-refractivity contribution < 1.29 is 15.0 Å². The number of hydrogen-bond donors (Lipinski definition) is 3. The molecule has 4 heteroatoms. The summed E-state index contributed by atoms with van der Waals surface area (Å²) in [6.45, 7) is 5.97. The Morgan fingerprint density at radius 2 is 1.73 bits per heavy atom. The first-order chi connectivity index (χ1) is 10.3. The summed E-state index contributed by atoms with van der Waals surface area (Å²) in [5, 5.41) is 23.0. The molecule has 1 fully saturated rings. The third kappa shape index (κ3) is 3.87. The summed E-state index contributed by atoms with van der Waals surface area (Å²) in [5.41, 5.74) is 1.47. The van der Waals surface area contributed by atoms with Gasteiger partial charge in [-0.05, 0) is 49.7 Å². The number of benzene rings is 1. The lowest BCUT2D eigenvalue weighted by Crippen LogP contribution is -2.45. The molecule has 0 saturated heterocycles. The first-order valence-corrected chi connectivity index (χ1v) is 8.13. The molecule has 4 nitrogen and oxygen atoms in total. The molecule has 0 aromatic heterocycles. The molecule has 1 aliphatic carbocycles. The van der Waals surface area contributed by atoms with Crippen LogP contribution in [0.15, 0.2) is 24.3 Å². The van der Waals surface area contributed by atoms with Crippen LogP contribution in [0, 0.1) is 0 Å². The van der Waals surface area contributed by atoms with E-state index in [9.17, 15) is 9.90 Å². The van der Waals surface area contributed by atoms with Gasteiger partial charge < -0.3 is 15.5 Å². The summed E-state index contributed by atoms with van der Waals surface area (Å²) in [6.07, 6.45) is 2.91. The molecule has 2 rings (SSSR count). The standard InChI is InChI=1S/C18H27NO3/c1-12(2)14-4-6-15(7-5-14)18(22)10-8-16(9-11-18)19-13(3)17(20)21/h4-7,12-13,16,19,22H,8-11H2,1-3H3,(H,20,21)/t13-,16?,18?/m0/s1. The zero-order valence-electron chi connectivity index (χ0n) is 13.7. The van der Waals surface area contributed by atoms with E-state index in [1.807, 2.05) is 12.1 Å². The Morgan fingerprint density at radius 1 is 1.18 bits per heavy atom. The Labute approximate surface area is 132 Å². The minimum absolute atomic E-state index is 0.168. The van der Waals surface area contributed by atoms with Crippen molar-refractivity contribution in [3.05, 3.63) is 35.4 Å². The van der Waals surface area contributed by atoms with Crippen LogP contribution in [0.2, 0.25) is 0 Å². The van der Waals surface area contributed by atoms with Gasteiger partial charge in [-0.15, -0.1) is 0 Å². The fourth-order valence-electron chi connectivity index (χ4n) is 3.15. The van der Waals surface area contributed by atoms with Crippen LogP contribution < -0.4 is 5.32 Å². The third-order valence-electron chi connectivity index (χ3n) is 4.78.